The SMILES string of the molecule is c1cn2nccc2c(N2CCC(CNC3CC3)CC2)n1. The van der Waals surface area contributed by atoms with Crippen LogP contribution in [0.5, 0.6) is 0 Å². The Morgan fingerprint density at radius 3 is 2.80 bits per heavy atom. The summed E-state index contributed by atoms with van der Waals surface area (Å²) in [5.41, 5.74) is 1.11. The minimum absolute atomic E-state index is 0.829. The average Bonchev–Trinajstić information content (AvgIpc) is 3.20. The van der Waals surface area contributed by atoms with Crippen molar-refractivity contribution in [2.45, 2.75) is 31.7 Å². The third kappa shape index (κ3) is 2.38. The predicted octanol–water partition coefficient (Wildman–Crippen LogP) is 1.70. The van der Waals surface area contributed by atoms with Crippen molar-refractivity contribution in [1.29, 1.82) is 0 Å². The van der Waals surface area contributed by atoms with Gasteiger partial charge in [0, 0.05) is 31.5 Å². The Labute approximate surface area is 119 Å². The van der Waals surface area contributed by atoms with E-state index in [-0.39, 0.29) is 0 Å². The van der Waals surface area contributed by atoms with E-state index in [0.717, 1.165) is 36.4 Å². The maximum atomic E-state index is 4.56. The molecule has 20 heavy (non-hydrogen) atoms. The molecule has 0 aromatic carbocycles. The Bertz CT molecular complexity index is 581. The Balaban J connectivity index is 1.41. The number of hydrogen-bond donors (Lipinski definition) is 1. The van der Waals surface area contributed by atoms with Crippen molar-refractivity contribution in [3.63, 3.8) is 0 Å². The van der Waals surface area contributed by atoms with Gasteiger partial charge in [-0.05, 0) is 44.2 Å². The zero-order valence-electron chi connectivity index (χ0n) is 11.7. The van der Waals surface area contributed by atoms with Crippen LogP contribution in [0.25, 0.3) is 5.52 Å². The second kappa shape index (κ2) is 5.05. The number of nitrogens with one attached hydrogen (secondary N) is 1. The first-order valence-corrected chi connectivity index (χ1v) is 7.67. The molecule has 1 aliphatic carbocycles. The molecule has 0 atom stereocenters. The normalized spacial score (nSPS) is 20.7. The monoisotopic (exact) mass is 271 g/mol. The van der Waals surface area contributed by atoms with Crippen LogP contribution in [-0.2, 0) is 0 Å². The molecule has 1 N–H and O–H groups in total. The van der Waals surface area contributed by atoms with Gasteiger partial charge in [-0.25, -0.2) is 9.50 Å². The molecule has 1 saturated heterocycles. The molecule has 2 aromatic rings. The Morgan fingerprint density at radius 2 is 2.00 bits per heavy atom. The Hall–Kier alpha value is -1.62. The number of fused-ring (bicyclic) bond motifs is 1. The standard InChI is InChI=1S/C15H21N5/c1-2-13(1)17-11-12-4-8-19(9-5-12)15-14-3-6-18-20(14)10-7-16-15/h3,6-7,10,12-13,17H,1-2,4-5,8-9,11H2. The van der Waals surface area contributed by atoms with E-state index in [2.05, 4.69) is 20.3 Å². The number of aromatic nitrogens is 3. The van der Waals surface area contributed by atoms with Crippen molar-refractivity contribution < 1.29 is 0 Å². The second-order valence-electron chi connectivity index (χ2n) is 6.02. The van der Waals surface area contributed by atoms with Gasteiger partial charge in [0.15, 0.2) is 5.82 Å². The summed E-state index contributed by atoms with van der Waals surface area (Å²) in [7, 11) is 0. The fraction of sp³-hybridized carbons (Fsp3) is 0.600. The van der Waals surface area contributed by atoms with Gasteiger partial charge in [0.25, 0.3) is 0 Å². The molecule has 1 aliphatic heterocycles. The predicted molar refractivity (Wildman–Crippen MR) is 78.9 cm³/mol. The van der Waals surface area contributed by atoms with Gasteiger partial charge in [-0.1, -0.05) is 0 Å². The lowest BCUT2D eigenvalue weighted by molar-refractivity contribution is 0.381. The van der Waals surface area contributed by atoms with Crippen molar-refractivity contribution in [2.24, 2.45) is 5.92 Å². The van der Waals surface area contributed by atoms with Gasteiger partial charge in [0.05, 0.1) is 6.20 Å². The number of anilines is 1. The quantitative estimate of drug-likeness (QED) is 0.919. The maximum Gasteiger partial charge on any atom is 0.154 e. The third-order valence-corrected chi connectivity index (χ3v) is 4.49. The second-order valence-corrected chi connectivity index (χ2v) is 6.02. The van der Waals surface area contributed by atoms with Gasteiger partial charge in [-0.3, -0.25) is 0 Å². The third-order valence-electron chi connectivity index (χ3n) is 4.49. The molecule has 0 spiro atoms. The molecular weight excluding hydrogens is 250 g/mol. The Kier molecular flexibility index (Phi) is 3.07. The first-order valence-electron chi connectivity index (χ1n) is 7.67. The van der Waals surface area contributed by atoms with E-state index >= 15 is 0 Å². The molecule has 2 fully saturated rings. The fourth-order valence-electron chi connectivity index (χ4n) is 3.06. The molecule has 0 amide bonds. The van der Waals surface area contributed by atoms with Crippen LogP contribution in [-0.4, -0.2) is 40.3 Å². The minimum Gasteiger partial charge on any atom is -0.355 e. The highest BCUT2D eigenvalue weighted by atomic mass is 15.3. The highest BCUT2D eigenvalue weighted by Crippen LogP contribution is 2.25. The average molecular weight is 271 g/mol. The van der Waals surface area contributed by atoms with Crippen LogP contribution in [0.2, 0.25) is 0 Å². The first kappa shape index (κ1) is 12.1. The lowest BCUT2D eigenvalue weighted by Crippen LogP contribution is -2.38. The van der Waals surface area contributed by atoms with E-state index < -0.39 is 0 Å². The lowest BCUT2D eigenvalue weighted by atomic mass is 9.96. The highest BCUT2D eigenvalue weighted by Gasteiger charge is 2.25. The summed E-state index contributed by atoms with van der Waals surface area (Å²) in [5.74, 6) is 1.91. The van der Waals surface area contributed by atoms with E-state index in [1.165, 1.54) is 32.2 Å². The van der Waals surface area contributed by atoms with E-state index in [1.807, 2.05) is 29.2 Å². The van der Waals surface area contributed by atoms with Crippen LogP contribution in [0.3, 0.4) is 0 Å². The van der Waals surface area contributed by atoms with E-state index in [1.54, 1.807) is 0 Å². The molecule has 106 valence electrons. The van der Waals surface area contributed by atoms with Gasteiger partial charge in [0.1, 0.15) is 5.52 Å². The number of hydrogen-bond acceptors (Lipinski definition) is 4. The molecule has 3 heterocycles. The van der Waals surface area contributed by atoms with Crippen LogP contribution >= 0.6 is 0 Å². The van der Waals surface area contributed by atoms with Crippen LogP contribution in [0, 0.1) is 5.92 Å². The van der Waals surface area contributed by atoms with Crippen LogP contribution in [0.1, 0.15) is 25.7 Å². The first-order chi connectivity index (χ1) is 9.90. The topological polar surface area (TPSA) is 45.5 Å². The smallest absolute Gasteiger partial charge is 0.154 e. The lowest BCUT2D eigenvalue weighted by Gasteiger charge is -2.33. The summed E-state index contributed by atoms with van der Waals surface area (Å²) in [6.45, 7) is 3.41. The van der Waals surface area contributed by atoms with E-state index in [9.17, 15) is 0 Å². The number of piperidine rings is 1. The summed E-state index contributed by atoms with van der Waals surface area (Å²) in [6, 6.07) is 2.87. The van der Waals surface area contributed by atoms with Gasteiger partial charge in [0.2, 0.25) is 0 Å². The zero-order chi connectivity index (χ0) is 13.4. The van der Waals surface area contributed by atoms with Crippen LogP contribution < -0.4 is 10.2 Å². The molecule has 2 aliphatic rings. The summed E-state index contributed by atoms with van der Waals surface area (Å²) in [6.07, 6.45) is 10.9. The fourth-order valence-corrected chi connectivity index (χ4v) is 3.06. The van der Waals surface area contributed by atoms with Crippen molar-refractivity contribution in [3.8, 4) is 0 Å². The van der Waals surface area contributed by atoms with Crippen molar-refractivity contribution in [1.82, 2.24) is 19.9 Å². The number of rotatable bonds is 4. The molecule has 2 aromatic heterocycles. The van der Waals surface area contributed by atoms with Crippen molar-refractivity contribution >= 4 is 11.3 Å². The molecule has 5 heteroatoms. The summed E-state index contributed by atoms with van der Waals surface area (Å²) < 4.78 is 1.91. The summed E-state index contributed by atoms with van der Waals surface area (Å²) in [4.78, 5) is 6.97. The van der Waals surface area contributed by atoms with Gasteiger partial charge in [-0.15, -0.1) is 0 Å². The molecular formula is C15H21N5. The van der Waals surface area contributed by atoms with E-state index in [0.29, 0.717) is 0 Å². The van der Waals surface area contributed by atoms with E-state index in [4.69, 9.17) is 0 Å². The van der Waals surface area contributed by atoms with Crippen molar-refractivity contribution in [2.75, 3.05) is 24.5 Å². The molecule has 0 unspecified atom stereocenters. The summed E-state index contributed by atoms with van der Waals surface area (Å²) >= 11 is 0. The Morgan fingerprint density at radius 1 is 1.15 bits per heavy atom. The van der Waals surface area contributed by atoms with Crippen LogP contribution in [0.15, 0.2) is 24.7 Å². The number of nitrogens with zero attached hydrogens (tertiary/aromatic N) is 4. The molecule has 1 saturated carbocycles. The maximum absolute atomic E-state index is 4.56. The van der Waals surface area contributed by atoms with Crippen LogP contribution in [0.4, 0.5) is 5.82 Å². The minimum atomic E-state index is 0.829. The summed E-state index contributed by atoms with van der Waals surface area (Å²) in [5, 5.41) is 7.94. The zero-order valence-corrected chi connectivity index (χ0v) is 11.7. The molecule has 5 nitrogen and oxygen atoms in total. The van der Waals surface area contributed by atoms with Crippen molar-refractivity contribution in [3.05, 3.63) is 24.7 Å². The molecule has 0 bridgehead atoms. The van der Waals surface area contributed by atoms with Gasteiger partial charge >= 0.3 is 0 Å². The van der Waals surface area contributed by atoms with Gasteiger partial charge in [-0.2, -0.15) is 5.10 Å². The largest absolute Gasteiger partial charge is 0.355 e. The molecule has 4 rings (SSSR count). The highest BCUT2D eigenvalue weighted by molar-refractivity contribution is 5.68. The van der Waals surface area contributed by atoms with Gasteiger partial charge < -0.3 is 10.2 Å². The molecule has 0 radical (unpaired) electrons.